The van der Waals surface area contributed by atoms with Gasteiger partial charge in [0.15, 0.2) is 0 Å². The number of aliphatic imine (C=N–C) groups is 1. The van der Waals surface area contributed by atoms with Crippen molar-refractivity contribution >= 4 is 40.4 Å². The molecule has 3 aromatic rings. The molecule has 0 saturated carbocycles. The minimum Gasteiger partial charge on any atom is -0.464 e. The number of carbonyl (C=O) groups is 1. The number of hydrogen-bond donors (Lipinski definition) is 2. The number of aryl methyl sites for hydroxylation is 1. The molecule has 0 spiro atoms. The lowest BCUT2D eigenvalue weighted by molar-refractivity contribution is 0.0595. The molecule has 7 heteroatoms. The van der Waals surface area contributed by atoms with E-state index in [1.54, 1.807) is 12.3 Å². The maximum Gasteiger partial charge on any atom is 0.354 e. The molecule has 0 radical (unpaired) electrons. The molecule has 0 amide bonds. The molecule has 0 fully saturated rings. The Bertz CT molecular complexity index is 1080. The third-order valence-electron chi connectivity index (χ3n) is 4.32. The fraction of sp³-hybridized carbons (Fsp3) is 0.273. The molecule has 2 N–H and O–H groups in total. The Morgan fingerprint density at radius 3 is 2.83 bits per heavy atom. The highest BCUT2D eigenvalue weighted by atomic mass is 16.5. The zero-order valence-electron chi connectivity index (χ0n) is 17.1. The SMILES string of the molecule is CCC=NC(=CCC)c1ccnc(Nc2cc(C)c3[nH]c(C(=O)OC)cc3c2)n1. The van der Waals surface area contributed by atoms with E-state index in [4.69, 9.17) is 4.74 Å². The Morgan fingerprint density at radius 1 is 1.28 bits per heavy atom. The zero-order valence-corrected chi connectivity index (χ0v) is 17.1. The maximum absolute atomic E-state index is 11.8. The van der Waals surface area contributed by atoms with Crippen molar-refractivity contribution in [1.29, 1.82) is 0 Å². The summed E-state index contributed by atoms with van der Waals surface area (Å²) in [4.78, 5) is 28.3. The van der Waals surface area contributed by atoms with E-state index in [1.165, 1.54) is 7.11 Å². The van der Waals surface area contributed by atoms with Gasteiger partial charge in [0, 0.05) is 29.0 Å². The van der Waals surface area contributed by atoms with E-state index in [-0.39, 0.29) is 0 Å². The van der Waals surface area contributed by atoms with Crippen molar-refractivity contribution in [1.82, 2.24) is 15.0 Å². The number of rotatable bonds is 7. The fourth-order valence-electron chi connectivity index (χ4n) is 3.01. The Hall–Kier alpha value is -3.48. The summed E-state index contributed by atoms with van der Waals surface area (Å²) < 4.78 is 4.79. The van der Waals surface area contributed by atoms with E-state index >= 15 is 0 Å². The predicted octanol–water partition coefficient (Wildman–Crippen LogP) is 5.03. The van der Waals surface area contributed by atoms with Crippen LogP contribution in [-0.2, 0) is 4.74 Å². The number of ether oxygens (including phenoxy) is 1. The number of fused-ring (bicyclic) bond motifs is 1. The maximum atomic E-state index is 11.8. The average molecular weight is 391 g/mol. The number of aromatic amines is 1. The van der Waals surface area contributed by atoms with Crippen molar-refractivity contribution in [3.8, 4) is 0 Å². The predicted molar refractivity (Wildman–Crippen MR) is 117 cm³/mol. The van der Waals surface area contributed by atoms with Crippen molar-refractivity contribution in [2.24, 2.45) is 4.99 Å². The van der Waals surface area contributed by atoms with Crippen LogP contribution >= 0.6 is 0 Å². The first-order valence-corrected chi connectivity index (χ1v) is 9.60. The van der Waals surface area contributed by atoms with Crippen molar-refractivity contribution in [3.05, 3.63) is 53.5 Å². The minimum atomic E-state index is -0.394. The molecule has 0 aliphatic rings. The average Bonchev–Trinajstić information content (AvgIpc) is 3.15. The highest BCUT2D eigenvalue weighted by Crippen LogP contribution is 2.26. The van der Waals surface area contributed by atoms with E-state index in [0.29, 0.717) is 11.6 Å². The topological polar surface area (TPSA) is 92.3 Å². The Kier molecular flexibility index (Phi) is 6.39. The molecule has 0 aliphatic heterocycles. The molecule has 7 nitrogen and oxygen atoms in total. The molecule has 2 heterocycles. The van der Waals surface area contributed by atoms with Crippen molar-refractivity contribution < 1.29 is 9.53 Å². The first-order valence-electron chi connectivity index (χ1n) is 9.60. The molecular formula is C22H25N5O2. The van der Waals surface area contributed by atoms with Crippen LogP contribution in [0.2, 0.25) is 0 Å². The van der Waals surface area contributed by atoms with Gasteiger partial charge >= 0.3 is 5.97 Å². The van der Waals surface area contributed by atoms with Crippen molar-refractivity contribution in [3.63, 3.8) is 0 Å². The van der Waals surface area contributed by atoms with Gasteiger partial charge in [0.05, 0.1) is 18.5 Å². The largest absolute Gasteiger partial charge is 0.464 e. The Labute approximate surface area is 169 Å². The summed E-state index contributed by atoms with van der Waals surface area (Å²) >= 11 is 0. The van der Waals surface area contributed by atoms with Gasteiger partial charge in [-0.2, -0.15) is 0 Å². The van der Waals surface area contributed by atoms with Gasteiger partial charge in [-0.3, -0.25) is 4.99 Å². The van der Waals surface area contributed by atoms with E-state index in [2.05, 4.69) is 32.2 Å². The smallest absolute Gasteiger partial charge is 0.354 e. The molecule has 0 atom stereocenters. The van der Waals surface area contributed by atoms with E-state index in [9.17, 15) is 4.79 Å². The fourth-order valence-corrected chi connectivity index (χ4v) is 3.01. The summed E-state index contributed by atoms with van der Waals surface area (Å²) in [7, 11) is 1.36. The van der Waals surface area contributed by atoms with Crippen LogP contribution in [0.15, 0.2) is 41.5 Å². The standard InChI is InChI=1S/C22H25N5O2/c1-5-7-17(23-9-6-2)18-8-10-24-22(27-18)25-16-11-14(3)20-15(12-16)13-19(26-20)21(28)29-4/h7-13,26H,5-6H2,1-4H3,(H,24,25,27). The highest BCUT2D eigenvalue weighted by molar-refractivity contribution is 5.97. The number of nitrogens with zero attached hydrogens (tertiary/aromatic N) is 3. The van der Waals surface area contributed by atoms with Gasteiger partial charge in [0.25, 0.3) is 0 Å². The van der Waals surface area contributed by atoms with Gasteiger partial charge in [0.2, 0.25) is 5.95 Å². The number of allylic oxidation sites excluding steroid dienone is 1. The molecule has 0 aliphatic carbocycles. The molecule has 0 unspecified atom stereocenters. The van der Waals surface area contributed by atoms with Crippen LogP contribution < -0.4 is 5.32 Å². The molecule has 0 saturated heterocycles. The number of aromatic nitrogens is 3. The summed E-state index contributed by atoms with van der Waals surface area (Å²) in [5.74, 6) is 0.0905. The first-order chi connectivity index (χ1) is 14.0. The second kappa shape index (κ2) is 9.14. The van der Waals surface area contributed by atoms with Crippen LogP contribution in [0.5, 0.6) is 0 Å². The molecule has 2 aromatic heterocycles. The van der Waals surface area contributed by atoms with Gasteiger partial charge < -0.3 is 15.0 Å². The third-order valence-corrected chi connectivity index (χ3v) is 4.32. The number of H-pyrrole nitrogens is 1. The summed E-state index contributed by atoms with van der Waals surface area (Å²) in [6.45, 7) is 6.09. The zero-order chi connectivity index (χ0) is 20.8. The Morgan fingerprint density at radius 2 is 2.10 bits per heavy atom. The normalized spacial score (nSPS) is 11.9. The number of anilines is 2. The van der Waals surface area contributed by atoms with Gasteiger partial charge in [-0.25, -0.2) is 14.8 Å². The van der Waals surface area contributed by atoms with Gasteiger partial charge in [-0.05, 0) is 49.6 Å². The van der Waals surface area contributed by atoms with Crippen LogP contribution in [-0.4, -0.2) is 34.2 Å². The van der Waals surface area contributed by atoms with E-state index in [0.717, 1.165) is 46.4 Å². The van der Waals surface area contributed by atoms with E-state index < -0.39 is 5.97 Å². The minimum absolute atomic E-state index is 0.394. The third kappa shape index (κ3) is 4.68. The summed E-state index contributed by atoms with van der Waals surface area (Å²) in [6, 6.07) is 7.55. The number of nitrogens with one attached hydrogen (secondary N) is 2. The Balaban J connectivity index is 1.91. The van der Waals surface area contributed by atoms with Crippen LogP contribution in [0.4, 0.5) is 11.6 Å². The lowest BCUT2D eigenvalue weighted by Crippen LogP contribution is -2.00. The molecule has 0 bridgehead atoms. The van der Waals surface area contributed by atoms with E-state index in [1.807, 2.05) is 44.3 Å². The number of methoxy groups -OCH3 is 1. The number of carbonyl (C=O) groups excluding carboxylic acids is 1. The number of hydrogen-bond acceptors (Lipinski definition) is 6. The monoisotopic (exact) mass is 391 g/mol. The molecule has 29 heavy (non-hydrogen) atoms. The van der Waals surface area contributed by atoms with Crippen LogP contribution in [0.3, 0.4) is 0 Å². The van der Waals surface area contributed by atoms with Crippen LogP contribution in [0.25, 0.3) is 16.6 Å². The highest BCUT2D eigenvalue weighted by Gasteiger charge is 2.12. The quantitative estimate of drug-likeness (QED) is 0.435. The molecule has 3 rings (SSSR count). The van der Waals surface area contributed by atoms with Gasteiger partial charge in [0.1, 0.15) is 5.69 Å². The van der Waals surface area contributed by atoms with Crippen LogP contribution in [0.1, 0.15) is 48.4 Å². The van der Waals surface area contributed by atoms with Crippen LogP contribution in [0, 0.1) is 6.92 Å². The summed E-state index contributed by atoms with van der Waals surface area (Å²) in [5, 5.41) is 4.16. The summed E-state index contributed by atoms with van der Waals surface area (Å²) in [6.07, 6.45) is 7.36. The number of esters is 1. The second-order valence-electron chi connectivity index (χ2n) is 6.54. The first kappa shape index (κ1) is 20.3. The lowest BCUT2D eigenvalue weighted by atomic mass is 10.1. The lowest BCUT2D eigenvalue weighted by Gasteiger charge is -2.08. The molecular weight excluding hydrogens is 366 g/mol. The molecule has 1 aromatic carbocycles. The molecule has 150 valence electrons. The number of benzene rings is 1. The van der Waals surface area contributed by atoms with Crippen molar-refractivity contribution in [2.75, 3.05) is 12.4 Å². The summed E-state index contributed by atoms with van der Waals surface area (Å²) in [5.41, 5.74) is 4.74. The van der Waals surface area contributed by atoms with Crippen molar-refractivity contribution in [2.45, 2.75) is 33.6 Å². The van der Waals surface area contributed by atoms with Gasteiger partial charge in [-0.15, -0.1) is 0 Å². The second-order valence-corrected chi connectivity index (χ2v) is 6.54. The van der Waals surface area contributed by atoms with Gasteiger partial charge in [-0.1, -0.05) is 19.9 Å².